The lowest BCUT2D eigenvalue weighted by Gasteiger charge is -2.29. The third kappa shape index (κ3) is 7.27. The lowest BCUT2D eigenvalue weighted by Crippen LogP contribution is -2.30. The van der Waals surface area contributed by atoms with Crippen molar-refractivity contribution >= 4 is 18.1 Å². The van der Waals surface area contributed by atoms with Gasteiger partial charge < -0.3 is 29.6 Å². The minimum absolute atomic E-state index is 0.0650. The molecule has 170 valence electrons. The molecule has 1 rings (SSSR count). The van der Waals surface area contributed by atoms with E-state index in [9.17, 15) is 14.4 Å². The molecule has 0 aromatic heterocycles. The van der Waals surface area contributed by atoms with Crippen LogP contribution in [0.15, 0.2) is 17.2 Å². The molecule has 12 heteroatoms. The number of benzene rings is 1. The van der Waals surface area contributed by atoms with Crippen LogP contribution in [0.4, 0.5) is 9.59 Å². The van der Waals surface area contributed by atoms with Crippen molar-refractivity contribution in [3.63, 3.8) is 0 Å². The standard InChI is InChI=1S/C19H27N5O7/c1-10(30-17(26)21-6)28-13-9-8-12(16(25)23-24-20)14(19(3,4)5)15(13)29-11(2)31-18(27)22-7/h8-11H,1-7H3,(H,21,26)(H,22,27). The number of rotatable bonds is 7. The third-order valence-electron chi connectivity index (χ3n) is 3.77. The first kappa shape index (κ1) is 25.4. The van der Waals surface area contributed by atoms with E-state index < -0.39 is 36.1 Å². The average Bonchev–Trinajstić information content (AvgIpc) is 2.67. The number of hydrogen-bond acceptors (Lipinski definition) is 7. The maximum Gasteiger partial charge on any atom is 0.409 e. The number of amides is 3. The van der Waals surface area contributed by atoms with Gasteiger partial charge in [0, 0.05) is 44.0 Å². The zero-order valence-electron chi connectivity index (χ0n) is 18.5. The van der Waals surface area contributed by atoms with Crippen LogP contribution in [-0.2, 0) is 14.9 Å². The predicted molar refractivity (Wildman–Crippen MR) is 110 cm³/mol. The fourth-order valence-corrected chi connectivity index (χ4v) is 2.60. The average molecular weight is 437 g/mol. The molecular formula is C19H27N5O7. The molecule has 0 saturated heterocycles. The van der Waals surface area contributed by atoms with E-state index in [2.05, 4.69) is 20.7 Å². The Morgan fingerprint density at radius 1 is 1.00 bits per heavy atom. The summed E-state index contributed by atoms with van der Waals surface area (Å²) in [5, 5.41) is 7.77. The number of ether oxygens (including phenoxy) is 4. The molecule has 3 amide bonds. The van der Waals surface area contributed by atoms with Crippen LogP contribution in [0, 0.1) is 0 Å². The molecule has 0 saturated carbocycles. The van der Waals surface area contributed by atoms with Crippen molar-refractivity contribution in [2.24, 2.45) is 5.11 Å². The summed E-state index contributed by atoms with van der Waals surface area (Å²) in [5.41, 5.74) is 8.42. The highest BCUT2D eigenvalue weighted by atomic mass is 16.7. The fraction of sp³-hybridized carbons (Fsp3) is 0.526. The summed E-state index contributed by atoms with van der Waals surface area (Å²) in [6.45, 7) is 8.37. The first-order chi connectivity index (χ1) is 14.4. The summed E-state index contributed by atoms with van der Waals surface area (Å²) < 4.78 is 21.6. The van der Waals surface area contributed by atoms with Crippen molar-refractivity contribution in [3.05, 3.63) is 33.7 Å². The van der Waals surface area contributed by atoms with E-state index in [-0.39, 0.29) is 17.1 Å². The molecule has 0 fully saturated rings. The van der Waals surface area contributed by atoms with Crippen LogP contribution in [0.2, 0.25) is 0 Å². The molecule has 1 aromatic carbocycles. The van der Waals surface area contributed by atoms with Crippen molar-refractivity contribution in [2.45, 2.75) is 52.6 Å². The number of azide groups is 1. The van der Waals surface area contributed by atoms with Crippen LogP contribution in [0.5, 0.6) is 11.5 Å². The second-order valence-electron chi connectivity index (χ2n) is 7.24. The minimum Gasteiger partial charge on any atom is -0.451 e. The monoisotopic (exact) mass is 437 g/mol. The first-order valence-corrected chi connectivity index (χ1v) is 9.31. The van der Waals surface area contributed by atoms with E-state index in [0.717, 1.165) is 0 Å². The van der Waals surface area contributed by atoms with Crippen LogP contribution < -0.4 is 20.1 Å². The molecule has 0 bridgehead atoms. The summed E-state index contributed by atoms with van der Waals surface area (Å²) in [5.74, 6) is -0.639. The van der Waals surface area contributed by atoms with Gasteiger partial charge in [-0.25, -0.2) is 9.59 Å². The van der Waals surface area contributed by atoms with Gasteiger partial charge in [-0.15, -0.1) is 0 Å². The summed E-state index contributed by atoms with van der Waals surface area (Å²) in [6.07, 6.45) is -3.55. The quantitative estimate of drug-likeness (QED) is 0.285. The van der Waals surface area contributed by atoms with Gasteiger partial charge in [0.2, 0.25) is 18.5 Å². The molecule has 12 nitrogen and oxygen atoms in total. The molecule has 0 aliphatic rings. The van der Waals surface area contributed by atoms with Crippen molar-refractivity contribution in [3.8, 4) is 11.5 Å². The maximum atomic E-state index is 12.4. The van der Waals surface area contributed by atoms with Crippen molar-refractivity contribution < 1.29 is 33.3 Å². The first-order valence-electron chi connectivity index (χ1n) is 9.31. The smallest absolute Gasteiger partial charge is 0.409 e. The Bertz CT molecular complexity index is 875. The number of carbonyl (C=O) groups is 3. The van der Waals surface area contributed by atoms with Gasteiger partial charge in [-0.2, -0.15) is 0 Å². The molecular weight excluding hydrogens is 410 g/mol. The Hall–Kier alpha value is -3.66. The van der Waals surface area contributed by atoms with Crippen LogP contribution >= 0.6 is 0 Å². The second-order valence-corrected chi connectivity index (χ2v) is 7.24. The number of nitrogens with one attached hydrogen (secondary N) is 2. The van der Waals surface area contributed by atoms with Crippen molar-refractivity contribution in [2.75, 3.05) is 14.1 Å². The molecule has 2 atom stereocenters. The molecule has 2 unspecified atom stereocenters. The summed E-state index contributed by atoms with van der Waals surface area (Å²) in [7, 11) is 2.79. The van der Waals surface area contributed by atoms with Crippen LogP contribution in [0.3, 0.4) is 0 Å². The van der Waals surface area contributed by atoms with Crippen molar-refractivity contribution in [1.29, 1.82) is 0 Å². The van der Waals surface area contributed by atoms with Gasteiger partial charge in [-0.1, -0.05) is 20.8 Å². The van der Waals surface area contributed by atoms with Crippen LogP contribution in [0.25, 0.3) is 10.4 Å². The van der Waals surface area contributed by atoms with Crippen LogP contribution in [0.1, 0.15) is 50.5 Å². The number of hydrogen-bond donors (Lipinski definition) is 2. The molecule has 0 heterocycles. The fourth-order valence-electron chi connectivity index (χ4n) is 2.60. The van der Waals surface area contributed by atoms with Gasteiger partial charge in [0.1, 0.15) is 0 Å². The van der Waals surface area contributed by atoms with E-state index in [1.807, 2.05) is 0 Å². The molecule has 0 aliphatic heterocycles. The third-order valence-corrected chi connectivity index (χ3v) is 3.77. The Morgan fingerprint density at radius 2 is 1.52 bits per heavy atom. The van der Waals surface area contributed by atoms with Crippen molar-refractivity contribution in [1.82, 2.24) is 10.6 Å². The van der Waals surface area contributed by atoms with E-state index in [1.54, 1.807) is 20.8 Å². The van der Waals surface area contributed by atoms with Gasteiger partial charge >= 0.3 is 12.2 Å². The highest BCUT2D eigenvalue weighted by Gasteiger charge is 2.31. The molecule has 31 heavy (non-hydrogen) atoms. The number of nitrogens with zero attached hydrogens (tertiary/aromatic N) is 3. The second kappa shape index (κ2) is 10.9. The topological polar surface area (TPSA) is 161 Å². The minimum atomic E-state index is -1.08. The van der Waals surface area contributed by atoms with E-state index >= 15 is 0 Å². The van der Waals surface area contributed by atoms with Gasteiger partial charge in [0.05, 0.1) is 0 Å². The lowest BCUT2D eigenvalue weighted by atomic mass is 9.82. The highest BCUT2D eigenvalue weighted by molar-refractivity contribution is 5.97. The normalized spacial score (nSPS) is 12.5. The van der Waals surface area contributed by atoms with Crippen LogP contribution in [-0.4, -0.2) is 44.8 Å². The van der Waals surface area contributed by atoms with Gasteiger partial charge in [0.15, 0.2) is 11.5 Å². The number of carbonyl (C=O) groups excluding carboxylic acids is 3. The predicted octanol–water partition coefficient (Wildman–Crippen LogP) is 3.60. The zero-order chi connectivity index (χ0) is 23.8. The Morgan fingerprint density at radius 3 is 1.97 bits per heavy atom. The summed E-state index contributed by atoms with van der Waals surface area (Å²) in [6, 6.07) is 2.82. The molecule has 0 radical (unpaired) electrons. The maximum absolute atomic E-state index is 12.4. The largest absolute Gasteiger partial charge is 0.451 e. The van der Waals surface area contributed by atoms with E-state index in [4.69, 9.17) is 24.5 Å². The lowest BCUT2D eigenvalue weighted by molar-refractivity contribution is -0.0355. The molecule has 0 aliphatic carbocycles. The highest BCUT2D eigenvalue weighted by Crippen LogP contribution is 2.42. The van der Waals surface area contributed by atoms with E-state index in [1.165, 1.54) is 40.1 Å². The zero-order valence-corrected chi connectivity index (χ0v) is 18.5. The number of alkyl carbamates (subject to hydrolysis) is 2. The Kier molecular flexibility index (Phi) is 8.95. The summed E-state index contributed by atoms with van der Waals surface area (Å²) in [4.78, 5) is 38.0. The van der Waals surface area contributed by atoms with Gasteiger partial charge in [-0.3, -0.25) is 4.79 Å². The molecule has 1 aromatic rings. The molecule has 0 spiro atoms. The van der Waals surface area contributed by atoms with E-state index in [0.29, 0.717) is 5.56 Å². The Labute approximate surface area is 179 Å². The Balaban J connectivity index is 3.57. The van der Waals surface area contributed by atoms with Gasteiger partial charge in [-0.05, 0) is 28.2 Å². The molecule has 2 N–H and O–H groups in total. The summed E-state index contributed by atoms with van der Waals surface area (Å²) >= 11 is 0. The SMILES string of the molecule is CNC(=O)OC(C)Oc1ccc(C(=O)N=[N+]=[N-])c(C(C)(C)C)c1OC(C)OC(=O)NC. The van der Waals surface area contributed by atoms with Gasteiger partial charge in [0.25, 0.3) is 0 Å².